The summed E-state index contributed by atoms with van der Waals surface area (Å²) in [6, 6.07) is 0. The molecule has 2 atom stereocenters. The fraction of sp³-hybridized carbons (Fsp3) is 0.882. The van der Waals surface area contributed by atoms with E-state index in [0.717, 1.165) is 23.5 Å². The average Bonchev–Trinajstić information content (AvgIpc) is 2.66. The minimum atomic E-state index is 0.248. The van der Waals surface area contributed by atoms with Crippen molar-refractivity contribution in [2.24, 2.45) is 16.7 Å². The number of nitrogens with zero attached hydrogens (tertiary/aromatic N) is 2. The molecule has 3 nitrogen and oxygen atoms in total. The second kappa shape index (κ2) is 4.21. The monoisotopic (exact) mass is 305 g/mol. The molecule has 1 aromatic rings. The molecule has 116 valence electrons. The minimum absolute atomic E-state index is 0.248. The second-order valence-electron chi connectivity index (χ2n) is 8.88. The molecule has 0 radical (unpaired) electrons. The van der Waals surface area contributed by atoms with Crippen molar-refractivity contribution in [3.05, 3.63) is 10.6 Å². The van der Waals surface area contributed by atoms with Crippen molar-refractivity contribution in [2.45, 2.75) is 77.7 Å². The van der Waals surface area contributed by atoms with E-state index >= 15 is 0 Å². The molecule has 0 aromatic carbocycles. The van der Waals surface area contributed by atoms with Gasteiger partial charge in [0.2, 0.25) is 0 Å². The van der Waals surface area contributed by atoms with Gasteiger partial charge < -0.3 is 0 Å². The van der Waals surface area contributed by atoms with Crippen LogP contribution >= 0.6 is 12.2 Å². The lowest BCUT2D eigenvalue weighted by atomic mass is 9.42. The highest BCUT2D eigenvalue weighted by atomic mass is 32.1. The van der Waals surface area contributed by atoms with Gasteiger partial charge in [0.1, 0.15) is 5.82 Å². The summed E-state index contributed by atoms with van der Waals surface area (Å²) < 4.78 is 3.31. The van der Waals surface area contributed by atoms with E-state index in [-0.39, 0.29) is 5.54 Å². The van der Waals surface area contributed by atoms with Crippen LogP contribution in [0.25, 0.3) is 0 Å². The van der Waals surface area contributed by atoms with E-state index in [4.69, 9.17) is 12.2 Å². The Balaban J connectivity index is 1.85. The van der Waals surface area contributed by atoms with Crippen molar-refractivity contribution in [2.75, 3.05) is 0 Å². The largest absolute Gasteiger partial charge is 0.298 e. The number of hydrogen-bond acceptors (Lipinski definition) is 2. The number of H-pyrrole nitrogens is 1. The highest BCUT2D eigenvalue weighted by Crippen LogP contribution is 2.68. The summed E-state index contributed by atoms with van der Waals surface area (Å²) in [6.45, 7) is 7.27. The molecule has 4 bridgehead atoms. The zero-order valence-electron chi connectivity index (χ0n) is 13.5. The lowest BCUT2D eigenvalue weighted by Crippen LogP contribution is -2.59. The Morgan fingerprint density at radius 3 is 2.43 bits per heavy atom. The fourth-order valence-corrected chi connectivity index (χ4v) is 7.19. The number of hydrogen-bond donors (Lipinski definition) is 1. The molecule has 4 aliphatic carbocycles. The Hall–Kier alpha value is -0.640. The lowest BCUT2D eigenvalue weighted by Gasteiger charge is -2.65. The summed E-state index contributed by atoms with van der Waals surface area (Å²) in [6.07, 6.45) is 10.4. The van der Waals surface area contributed by atoms with Gasteiger partial charge in [-0.2, -0.15) is 5.10 Å². The van der Waals surface area contributed by atoms with Crippen LogP contribution in [0.15, 0.2) is 0 Å². The molecule has 4 heteroatoms. The van der Waals surface area contributed by atoms with E-state index in [1.807, 2.05) is 0 Å². The highest BCUT2D eigenvalue weighted by molar-refractivity contribution is 7.71. The minimum Gasteiger partial charge on any atom is -0.298 e. The van der Waals surface area contributed by atoms with Crippen molar-refractivity contribution in [1.82, 2.24) is 14.8 Å². The third-order valence-electron chi connectivity index (χ3n) is 6.29. The van der Waals surface area contributed by atoms with Gasteiger partial charge >= 0.3 is 0 Å². The van der Waals surface area contributed by atoms with Gasteiger partial charge in [-0.25, -0.2) is 0 Å². The molecular weight excluding hydrogens is 278 g/mol. The molecule has 4 aliphatic rings. The fourth-order valence-electron chi connectivity index (χ4n) is 6.85. The number of aromatic amines is 1. The molecule has 21 heavy (non-hydrogen) atoms. The van der Waals surface area contributed by atoms with E-state index < -0.39 is 0 Å². The Morgan fingerprint density at radius 2 is 1.86 bits per heavy atom. The quantitative estimate of drug-likeness (QED) is 0.828. The zero-order valence-corrected chi connectivity index (χ0v) is 14.4. The summed E-state index contributed by atoms with van der Waals surface area (Å²) in [5.74, 6) is 2.08. The number of rotatable bonds is 3. The van der Waals surface area contributed by atoms with Crippen LogP contribution in [0.1, 0.15) is 71.5 Å². The van der Waals surface area contributed by atoms with Crippen LogP contribution in [0.2, 0.25) is 0 Å². The van der Waals surface area contributed by atoms with Gasteiger partial charge in [-0.15, -0.1) is 0 Å². The molecule has 2 unspecified atom stereocenters. The first-order valence-corrected chi connectivity index (χ1v) is 8.95. The molecular formula is C17H27N3S. The first-order valence-electron chi connectivity index (χ1n) is 8.54. The Kier molecular flexibility index (Phi) is 2.81. The summed E-state index contributed by atoms with van der Waals surface area (Å²) in [7, 11) is 0. The van der Waals surface area contributed by atoms with Gasteiger partial charge in [0.15, 0.2) is 4.77 Å². The van der Waals surface area contributed by atoms with Crippen LogP contribution in [0.4, 0.5) is 0 Å². The van der Waals surface area contributed by atoms with E-state index in [1.54, 1.807) is 0 Å². The second-order valence-corrected chi connectivity index (χ2v) is 9.27. The van der Waals surface area contributed by atoms with Gasteiger partial charge in [0.25, 0.3) is 0 Å². The predicted molar refractivity (Wildman–Crippen MR) is 86.8 cm³/mol. The van der Waals surface area contributed by atoms with Gasteiger partial charge in [-0.1, -0.05) is 20.8 Å². The Morgan fingerprint density at radius 1 is 1.19 bits per heavy atom. The summed E-state index contributed by atoms with van der Waals surface area (Å²) in [5, 5.41) is 7.64. The van der Waals surface area contributed by atoms with Gasteiger partial charge in [-0.3, -0.25) is 9.67 Å². The molecule has 0 aliphatic heterocycles. The van der Waals surface area contributed by atoms with Crippen LogP contribution in [0.3, 0.4) is 0 Å². The summed E-state index contributed by atoms with van der Waals surface area (Å²) >= 11 is 5.64. The molecule has 1 aromatic heterocycles. The van der Waals surface area contributed by atoms with E-state index in [0.29, 0.717) is 10.8 Å². The van der Waals surface area contributed by atoms with Gasteiger partial charge in [-0.05, 0) is 73.9 Å². The maximum absolute atomic E-state index is 5.64. The molecule has 0 spiro atoms. The maximum atomic E-state index is 5.64. The normalized spacial score (nSPS) is 44.4. The predicted octanol–water partition coefficient (Wildman–Crippen LogP) is 4.60. The third kappa shape index (κ3) is 1.97. The molecule has 1 heterocycles. The molecule has 0 saturated heterocycles. The zero-order chi connectivity index (χ0) is 14.9. The third-order valence-corrected chi connectivity index (χ3v) is 6.56. The van der Waals surface area contributed by atoms with Crippen molar-refractivity contribution in [3.63, 3.8) is 0 Å². The van der Waals surface area contributed by atoms with E-state index in [9.17, 15) is 0 Å². The smallest absolute Gasteiger partial charge is 0.195 e. The van der Waals surface area contributed by atoms with Crippen LogP contribution in [0.5, 0.6) is 0 Å². The number of aromatic nitrogens is 3. The van der Waals surface area contributed by atoms with Crippen LogP contribution in [-0.2, 0) is 12.0 Å². The van der Waals surface area contributed by atoms with Crippen LogP contribution in [-0.4, -0.2) is 14.8 Å². The van der Waals surface area contributed by atoms with Crippen molar-refractivity contribution < 1.29 is 0 Å². The molecule has 1 N–H and O–H groups in total. The maximum Gasteiger partial charge on any atom is 0.195 e. The molecule has 4 saturated carbocycles. The summed E-state index contributed by atoms with van der Waals surface area (Å²) in [5.41, 5.74) is 1.28. The van der Waals surface area contributed by atoms with Crippen molar-refractivity contribution in [3.8, 4) is 0 Å². The Bertz CT molecular complexity index is 610. The van der Waals surface area contributed by atoms with Crippen molar-refractivity contribution in [1.29, 1.82) is 0 Å². The van der Waals surface area contributed by atoms with E-state index in [1.165, 1.54) is 44.3 Å². The molecule has 5 rings (SSSR count). The highest BCUT2D eigenvalue weighted by Gasteiger charge is 2.61. The van der Waals surface area contributed by atoms with Crippen LogP contribution in [0, 0.1) is 21.5 Å². The molecule has 4 fully saturated rings. The topological polar surface area (TPSA) is 33.6 Å². The summed E-state index contributed by atoms with van der Waals surface area (Å²) in [4.78, 5) is 0. The molecule has 0 amide bonds. The standard InChI is InChI=1S/C17H27N3S/c1-4-5-13-18-19-14(21)20(13)17-8-12-6-15(2,10-17)9-16(3,7-12)11-17/h12H,4-11H2,1-3H3,(H,19,21). The average molecular weight is 305 g/mol. The lowest BCUT2D eigenvalue weighted by molar-refractivity contribution is -0.137. The van der Waals surface area contributed by atoms with Crippen molar-refractivity contribution >= 4 is 12.2 Å². The Labute approximate surface area is 132 Å². The van der Waals surface area contributed by atoms with Gasteiger partial charge in [0, 0.05) is 12.0 Å². The van der Waals surface area contributed by atoms with Gasteiger partial charge in [0.05, 0.1) is 0 Å². The first kappa shape index (κ1) is 14.0. The first-order chi connectivity index (χ1) is 9.87. The van der Waals surface area contributed by atoms with E-state index in [2.05, 4.69) is 35.5 Å². The number of nitrogens with one attached hydrogen (secondary N) is 1. The number of aryl methyl sites for hydroxylation is 1. The van der Waals surface area contributed by atoms with Crippen LogP contribution < -0.4 is 0 Å². The SMILES string of the molecule is CCCc1n[nH]c(=S)n1C12CC3CC(C)(CC(C)(C3)C1)C2.